The first-order valence-corrected chi connectivity index (χ1v) is 10.5. The highest BCUT2D eigenvalue weighted by molar-refractivity contribution is 6.35. The van der Waals surface area contributed by atoms with Crippen LogP contribution in [-0.2, 0) is 19.1 Å². The lowest BCUT2D eigenvalue weighted by Gasteiger charge is -2.10. The zero-order chi connectivity index (χ0) is 23.6. The number of carbonyl (C=O) groups excluding carboxylic acids is 3. The first-order chi connectivity index (χ1) is 15.9. The van der Waals surface area contributed by atoms with Crippen molar-refractivity contribution in [1.82, 2.24) is 10.7 Å². The van der Waals surface area contributed by atoms with Gasteiger partial charge in [0.2, 0.25) is 0 Å². The largest absolute Gasteiger partial charge is 0.483 e. The lowest BCUT2D eigenvalue weighted by atomic mass is 10.2. The van der Waals surface area contributed by atoms with Crippen LogP contribution in [-0.4, -0.2) is 49.8 Å². The summed E-state index contributed by atoms with van der Waals surface area (Å²) in [7, 11) is 0. The lowest BCUT2D eigenvalue weighted by Crippen LogP contribution is -2.41. The molecular formula is C22H22ClFN4O5. The minimum Gasteiger partial charge on any atom is -0.483 e. The SMILES string of the molecule is O=C(COc1ccccc1/C=N\NC(=O)C(=O)NC[C@@H]1CCCO1)Nc1ccc(F)c(Cl)c1. The van der Waals surface area contributed by atoms with Crippen molar-refractivity contribution in [2.24, 2.45) is 5.10 Å². The molecule has 0 bridgehead atoms. The van der Waals surface area contributed by atoms with Gasteiger partial charge in [0.15, 0.2) is 6.61 Å². The molecule has 3 N–H and O–H groups in total. The Morgan fingerprint density at radius 2 is 2.03 bits per heavy atom. The number of para-hydroxylation sites is 1. The third-order valence-electron chi connectivity index (χ3n) is 4.57. The molecule has 1 aliphatic rings. The summed E-state index contributed by atoms with van der Waals surface area (Å²) in [5, 5.41) is 8.69. The van der Waals surface area contributed by atoms with Gasteiger partial charge in [-0.25, -0.2) is 9.82 Å². The van der Waals surface area contributed by atoms with Crippen LogP contribution in [0, 0.1) is 5.82 Å². The number of ether oxygens (including phenoxy) is 2. The summed E-state index contributed by atoms with van der Waals surface area (Å²) in [6.07, 6.45) is 2.98. The fourth-order valence-electron chi connectivity index (χ4n) is 2.94. The Hall–Kier alpha value is -3.50. The summed E-state index contributed by atoms with van der Waals surface area (Å²) < 4.78 is 24.1. The van der Waals surface area contributed by atoms with Crippen molar-refractivity contribution in [3.63, 3.8) is 0 Å². The topological polar surface area (TPSA) is 118 Å². The number of hydrogen-bond donors (Lipinski definition) is 3. The molecule has 1 saturated heterocycles. The fourth-order valence-corrected chi connectivity index (χ4v) is 3.12. The van der Waals surface area contributed by atoms with E-state index in [1.54, 1.807) is 24.3 Å². The van der Waals surface area contributed by atoms with E-state index in [0.29, 0.717) is 23.6 Å². The summed E-state index contributed by atoms with van der Waals surface area (Å²) in [6, 6.07) is 10.5. The quantitative estimate of drug-likeness (QED) is 0.307. The first kappa shape index (κ1) is 24.1. The van der Waals surface area contributed by atoms with Crippen molar-refractivity contribution in [3.8, 4) is 5.75 Å². The summed E-state index contributed by atoms with van der Waals surface area (Å²) in [5.74, 6) is -2.48. The second kappa shape index (κ2) is 11.9. The smallest absolute Gasteiger partial charge is 0.329 e. The molecule has 11 heteroatoms. The zero-order valence-electron chi connectivity index (χ0n) is 17.5. The van der Waals surface area contributed by atoms with Crippen LogP contribution in [0.1, 0.15) is 18.4 Å². The number of amides is 3. The number of nitrogens with one attached hydrogen (secondary N) is 3. The van der Waals surface area contributed by atoms with E-state index in [2.05, 4.69) is 21.2 Å². The van der Waals surface area contributed by atoms with Crippen molar-refractivity contribution >= 4 is 41.2 Å². The molecule has 3 rings (SSSR count). The predicted molar refractivity (Wildman–Crippen MR) is 120 cm³/mol. The number of nitrogens with zero attached hydrogens (tertiary/aromatic N) is 1. The molecule has 9 nitrogen and oxygen atoms in total. The Morgan fingerprint density at radius 3 is 2.79 bits per heavy atom. The van der Waals surface area contributed by atoms with Crippen molar-refractivity contribution in [3.05, 3.63) is 58.9 Å². The van der Waals surface area contributed by atoms with Crippen molar-refractivity contribution < 1.29 is 28.2 Å². The number of benzene rings is 2. The van der Waals surface area contributed by atoms with Gasteiger partial charge in [-0.15, -0.1) is 0 Å². The van der Waals surface area contributed by atoms with Crippen LogP contribution in [0.15, 0.2) is 47.6 Å². The van der Waals surface area contributed by atoms with Crippen molar-refractivity contribution in [2.45, 2.75) is 18.9 Å². The van der Waals surface area contributed by atoms with Crippen LogP contribution >= 0.6 is 11.6 Å². The van der Waals surface area contributed by atoms with Gasteiger partial charge in [0.25, 0.3) is 5.91 Å². The number of hydrazone groups is 1. The Kier molecular flexibility index (Phi) is 8.73. The van der Waals surface area contributed by atoms with Crippen LogP contribution in [0.25, 0.3) is 0 Å². The second-order valence-corrected chi connectivity index (χ2v) is 7.45. The molecule has 0 saturated carbocycles. The van der Waals surface area contributed by atoms with Gasteiger partial charge in [-0.1, -0.05) is 23.7 Å². The Labute approximate surface area is 194 Å². The van der Waals surface area contributed by atoms with Crippen LogP contribution in [0.2, 0.25) is 5.02 Å². The Bertz CT molecular complexity index is 1040. The average Bonchev–Trinajstić information content (AvgIpc) is 3.33. The number of anilines is 1. The molecule has 0 aliphatic carbocycles. The molecule has 1 heterocycles. The Balaban J connectivity index is 1.48. The lowest BCUT2D eigenvalue weighted by molar-refractivity contribution is -0.139. The van der Waals surface area contributed by atoms with E-state index < -0.39 is 23.5 Å². The van der Waals surface area contributed by atoms with Gasteiger partial charge in [-0.2, -0.15) is 5.10 Å². The van der Waals surface area contributed by atoms with Gasteiger partial charge in [0, 0.05) is 24.4 Å². The molecule has 0 unspecified atom stereocenters. The first-order valence-electron chi connectivity index (χ1n) is 10.1. The molecule has 174 valence electrons. The monoisotopic (exact) mass is 476 g/mol. The number of rotatable bonds is 8. The molecule has 1 fully saturated rings. The highest BCUT2D eigenvalue weighted by atomic mass is 35.5. The van der Waals surface area contributed by atoms with Crippen LogP contribution in [0.5, 0.6) is 5.75 Å². The van der Waals surface area contributed by atoms with Crippen LogP contribution < -0.4 is 20.8 Å². The van der Waals surface area contributed by atoms with E-state index in [1.807, 2.05) is 0 Å². The maximum atomic E-state index is 13.2. The van der Waals surface area contributed by atoms with E-state index in [-0.39, 0.29) is 24.3 Å². The fraction of sp³-hybridized carbons (Fsp3) is 0.273. The summed E-state index contributed by atoms with van der Waals surface area (Å²) >= 11 is 5.70. The molecule has 0 radical (unpaired) electrons. The highest BCUT2D eigenvalue weighted by Crippen LogP contribution is 2.20. The van der Waals surface area contributed by atoms with Gasteiger partial charge in [-0.05, 0) is 43.2 Å². The van der Waals surface area contributed by atoms with Crippen LogP contribution in [0.4, 0.5) is 10.1 Å². The van der Waals surface area contributed by atoms with Gasteiger partial charge >= 0.3 is 11.8 Å². The van der Waals surface area contributed by atoms with Gasteiger partial charge in [0.05, 0.1) is 17.3 Å². The third-order valence-corrected chi connectivity index (χ3v) is 4.86. The van der Waals surface area contributed by atoms with Gasteiger partial charge < -0.3 is 20.1 Å². The minimum atomic E-state index is -0.917. The molecule has 1 atom stereocenters. The second-order valence-electron chi connectivity index (χ2n) is 7.05. The number of carbonyl (C=O) groups is 3. The molecule has 33 heavy (non-hydrogen) atoms. The van der Waals surface area contributed by atoms with E-state index >= 15 is 0 Å². The zero-order valence-corrected chi connectivity index (χ0v) is 18.2. The summed E-state index contributed by atoms with van der Waals surface area (Å²) in [4.78, 5) is 35.8. The van der Waals surface area contributed by atoms with Crippen LogP contribution in [0.3, 0.4) is 0 Å². The van der Waals surface area contributed by atoms with E-state index in [0.717, 1.165) is 18.9 Å². The predicted octanol–water partition coefficient (Wildman–Crippen LogP) is 2.24. The molecule has 1 aliphatic heterocycles. The van der Waals surface area contributed by atoms with Gasteiger partial charge in [-0.3, -0.25) is 14.4 Å². The molecule has 3 amide bonds. The molecule has 0 spiro atoms. The van der Waals surface area contributed by atoms with Crippen molar-refractivity contribution in [1.29, 1.82) is 0 Å². The molecule has 0 aromatic heterocycles. The maximum absolute atomic E-state index is 13.2. The maximum Gasteiger partial charge on any atom is 0.329 e. The molecule has 2 aromatic rings. The Morgan fingerprint density at radius 1 is 1.21 bits per heavy atom. The van der Waals surface area contributed by atoms with Crippen molar-refractivity contribution in [2.75, 3.05) is 25.1 Å². The highest BCUT2D eigenvalue weighted by Gasteiger charge is 2.19. The van der Waals surface area contributed by atoms with Gasteiger partial charge in [0.1, 0.15) is 11.6 Å². The van der Waals surface area contributed by atoms with E-state index in [1.165, 1.54) is 18.3 Å². The van der Waals surface area contributed by atoms with E-state index in [4.69, 9.17) is 21.1 Å². The minimum absolute atomic E-state index is 0.0773. The van der Waals surface area contributed by atoms with E-state index in [9.17, 15) is 18.8 Å². The molecular weight excluding hydrogens is 455 g/mol. The standard InChI is InChI=1S/C22H22ClFN4O5/c23-17-10-15(7-8-18(17)24)27-20(29)13-33-19-6-2-1-4-14(19)11-26-28-22(31)21(30)25-12-16-5-3-9-32-16/h1-2,4,6-8,10-11,16H,3,5,9,12-13H2,(H,25,30)(H,27,29)(H,28,31)/b26-11-/t16-/m0/s1. The number of halogens is 2. The summed E-state index contributed by atoms with van der Waals surface area (Å²) in [5.41, 5.74) is 2.93. The molecule has 2 aromatic carbocycles. The number of hydrogen-bond acceptors (Lipinski definition) is 6. The average molecular weight is 477 g/mol. The summed E-state index contributed by atoms with van der Waals surface area (Å²) in [6.45, 7) is 0.581. The normalized spacial score (nSPS) is 15.3. The third kappa shape index (κ3) is 7.55.